The lowest BCUT2D eigenvalue weighted by Gasteiger charge is -2.01. The van der Waals surface area contributed by atoms with Crippen molar-refractivity contribution in [1.82, 2.24) is 14.8 Å². The van der Waals surface area contributed by atoms with E-state index in [9.17, 15) is 0 Å². The third-order valence-electron chi connectivity index (χ3n) is 2.39. The highest BCUT2D eigenvalue weighted by molar-refractivity contribution is 6.34. The molecule has 0 spiro atoms. The molecule has 2 rings (SSSR count). The number of fused-ring (bicyclic) bond motifs is 1. The van der Waals surface area contributed by atoms with Gasteiger partial charge in [-0.2, -0.15) is 5.10 Å². The van der Waals surface area contributed by atoms with Gasteiger partial charge in [-0.25, -0.2) is 4.98 Å². The summed E-state index contributed by atoms with van der Waals surface area (Å²) in [5.74, 6) is 0.569. The Bertz CT molecular complexity index is 488. The predicted molar refractivity (Wildman–Crippen MR) is 62.1 cm³/mol. The van der Waals surface area contributed by atoms with Gasteiger partial charge in [0.2, 0.25) is 0 Å². The summed E-state index contributed by atoms with van der Waals surface area (Å²) in [7, 11) is 1.93. The summed E-state index contributed by atoms with van der Waals surface area (Å²) in [6.07, 6.45) is 2.65. The summed E-state index contributed by atoms with van der Waals surface area (Å²) in [5.41, 5.74) is 2.09. The summed E-state index contributed by atoms with van der Waals surface area (Å²) in [5, 5.41) is 6.03. The van der Waals surface area contributed by atoms with Crippen molar-refractivity contribution in [2.24, 2.45) is 13.0 Å². The Hall–Kier alpha value is -1.09. The fourth-order valence-corrected chi connectivity index (χ4v) is 2.04. The van der Waals surface area contributed by atoms with Crippen molar-refractivity contribution in [2.45, 2.75) is 20.3 Å². The summed E-state index contributed by atoms with van der Waals surface area (Å²) < 4.78 is 1.86. The van der Waals surface area contributed by atoms with Gasteiger partial charge in [-0.1, -0.05) is 25.4 Å². The minimum atomic E-state index is 0.552. The number of hydrogen-bond donors (Lipinski definition) is 0. The molecule has 2 aromatic heterocycles. The zero-order valence-corrected chi connectivity index (χ0v) is 9.91. The monoisotopic (exact) mass is 223 g/mol. The van der Waals surface area contributed by atoms with Crippen LogP contribution >= 0.6 is 11.6 Å². The lowest BCUT2D eigenvalue weighted by atomic mass is 10.1. The second kappa shape index (κ2) is 3.81. The molecule has 0 atom stereocenters. The highest BCUT2D eigenvalue weighted by atomic mass is 35.5. The van der Waals surface area contributed by atoms with Crippen molar-refractivity contribution in [3.63, 3.8) is 0 Å². The van der Waals surface area contributed by atoms with Gasteiger partial charge in [0.1, 0.15) is 5.15 Å². The van der Waals surface area contributed by atoms with Crippen LogP contribution in [-0.4, -0.2) is 14.8 Å². The normalized spacial score (nSPS) is 11.5. The van der Waals surface area contributed by atoms with Crippen molar-refractivity contribution in [3.05, 3.63) is 23.1 Å². The molecule has 0 aliphatic heterocycles. The average Bonchev–Trinajstić information content (AvgIpc) is 2.44. The molecular formula is C11H14ClN3. The Morgan fingerprint density at radius 2 is 2.20 bits per heavy atom. The van der Waals surface area contributed by atoms with Crippen LogP contribution in [0.25, 0.3) is 10.9 Å². The minimum Gasteiger partial charge on any atom is -0.267 e. The molecule has 4 heteroatoms. The standard InChI is InChI=1S/C11H14ClN3/c1-7(2)6-8-10-9(15(3)14-8)4-5-13-11(10)12/h4-5,7H,6H2,1-3H3. The Morgan fingerprint density at radius 3 is 2.87 bits per heavy atom. The maximum absolute atomic E-state index is 6.09. The molecule has 3 nitrogen and oxygen atoms in total. The molecule has 0 saturated carbocycles. The first kappa shape index (κ1) is 10.4. The second-order valence-electron chi connectivity index (χ2n) is 4.16. The zero-order valence-electron chi connectivity index (χ0n) is 9.16. The van der Waals surface area contributed by atoms with Gasteiger partial charge in [0.15, 0.2) is 0 Å². The summed E-state index contributed by atoms with van der Waals surface area (Å²) in [6, 6.07) is 1.94. The Kier molecular flexibility index (Phi) is 2.65. The lowest BCUT2D eigenvalue weighted by molar-refractivity contribution is 0.624. The van der Waals surface area contributed by atoms with Gasteiger partial charge in [-0.15, -0.1) is 0 Å². The number of pyridine rings is 1. The van der Waals surface area contributed by atoms with Crippen LogP contribution in [0.15, 0.2) is 12.3 Å². The van der Waals surface area contributed by atoms with Crippen molar-refractivity contribution in [1.29, 1.82) is 0 Å². The van der Waals surface area contributed by atoms with Crippen LogP contribution in [0.2, 0.25) is 5.15 Å². The molecule has 0 N–H and O–H groups in total. The second-order valence-corrected chi connectivity index (χ2v) is 4.52. The van der Waals surface area contributed by atoms with Crippen LogP contribution in [0.5, 0.6) is 0 Å². The number of aromatic nitrogens is 3. The molecular weight excluding hydrogens is 210 g/mol. The van der Waals surface area contributed by atoms with Gasteiger partial charge in [0.05, 0.1) is 16.6 Å². The third kappa shape index (κ3) is 1.84. The van der Waals surface area contributed by atoms with Gasteiger partial charge in [-0.3, -0.25) is 4.68 Å². The number of halogens is 1. The lowest BCUT2D eigenvalue weighted by Crippen LogP contribution is -1.97. The summed E-state index contributed by atoms with van der Waals surface area (Å²) >= 11 is 6.09. The smallest absolute Gasteiger partial charge is 0.140 e. The van der Waals surface area contributed by atoms with Crippen LogP contribution in [0, 0.1) is 5.92 Å². The molecule has 0 saturated heterocycles. The first-order chi connectivity index (χ1) is 7.09. The molecule has 0 aromatic carbocycles. The molecule has 2 aromatic rings. The minimum absolute atomic E-state index is 0.552. The van der Waals surface area contributed by atoms with E-state index >= 15 is 0 Å². The molecule has 0 amide bonds. The van der Waals surface area contributed by atoms with E-state index < -0.39 is 0 Å². The molecule has 0 unspecified atom stereocenters. The van der Waals surface area contributed by atoms with E-state index in [2.05, 4.69) is 23.9 Å². The molecule has 15 heavy (non-hydrogen) atoms. The van der Waals surface area contributed by atoms with Crippen LogP contribution in [-0.2, 0) is 13.5 Å². The number of aryl methyl sites for hydroxylation is 1. The van der Waals surface area contributed by atoms with E-state index in [0.717, 1.165) is 23.0 Å². The molecule has 0 aliphatic carbocycles. The quantitative estimate of drug-likeness (QED) is 0.733. The first-order valence-electron chi connectivity index (χ1n) is 5.05. The molecule has 80 valence electrons. The van der Waals surface area contributed by atoms with Gasteiger partial charge in [-0.05, 0) is 18.4 Å². The molecule has 0 fully saturated rings. The third-order valence-corrected chi connectivity index (χ3v) is 2.68. The summed E-state index contributed by atoms with van der Waals surface area (Å²) in [4.78, 5) is 4.10. The van der Waals surface area contributed by atoms with Crippen molar-refractivity contribution in [3.8, 4) is 0 Å². The van der Waals surface area contributed by atoms with Crippen molar-refractivity contribution >= 4 is 22.5 Å². The van der Waals surface area contributed by atoms with Gasteiger partial charge in [0, 0.05) is 13.2 Å². The van der Waals surface area contributed by atoms with Gasteiger partial charge in [0.25, 0.3) is 0 Å². The van der Waals surface area contributed by atoms with E-state index in [4.69, 9.17) is 11.6 Å². The summed E-state index contributed by atoms with van der Waals surface area (Å²) in [6.45, 7) is 4.34. The number of nitrogens with zero attached hydrogens (tertiary/aromatic N) is 3. The maximum atomic E-state index is 6.09. The predicted octanol–water partition coefficient (Wildman–Crippen LogP) is 2.82. The number of rotatable bonds is 2. The molecule has 0 radical (unpaired) electrons. The topological polar surface area (TPSA) is 30.7 Å². The van der Waals surface area contributed by atoms with Crippen LogP contribution < -0.4 is 0 Å². The van der Waals surface area contributed by atoms with E-state index in [1.807, 2.05) is 17.8 Å². The zero-order chi connectivity index (χ0) is 11.0. The van der Waals surface area contributed by atoms with E-state index in [0.29, 0.717) is 11.1 Å². The highest BCUT2D eigenvalue weighted by Crippen LogP contribution is 2.25. The largest absolute Gasteiger partial charge is 0.267 e. The van der Waals surface area contributed by atoms with E-state index in [-0.39, 0.29) is 0 Å². The van der Waals surface area contributed by atoms with Gasteiger partial charge < -0.3 is 0 Å². The Labute approximate surface area is 94.1 Å². The Morgan fingerprint density at radius 1 is 1.47 bits per heavy atom. The van der Waals surface area contributed by atoms with Crippen LogP contribution in [0.1, 0.15) is 19.5 Å². The SMILES string of the molecule is CC(C)Cc1nn(C)c2ccnc(Cl)c12. The highest BCUT2D eigenvalue weighted by Gasteiger charge is 2.13. The molecule has 2 heterocycles. The van der Waals surface area contributed by atoms with Crippen molar-refractivity contribution < 1.29 is 0 Å². The van der Waals surface area contributed by atoms with E-state index in [1.54, 1.807) is 6.20 Å². The first-order valence-corrected chi connectivity index (χ1v) is 5.43. The van der Waals surface area contributed by atoms with Gasteiger partial charge >= 0.3 is 0 Å². The van der Waals surface area contributed by atoms with Crippen molar-refractivity contribution in [2.75, 3.05) is 0 Å². The van der Waals surface area contributed by atoms with E-state index in [1.165, 1.54) is 0 Å². The average molecular weight is 224 g/mol. The van der Waals surface area contributed by atoms with Crippen LogP contribution in [0.4, 0.5) is 0 Å². The van der Waals surface area contributed by atoms with Crippen LogP contribution in [0.3, 0.4) is 0 Å². The molecule has 0 bridgehead atoms. The molecule has 0 aliphatic rings. The maximum Gasteiger partial charge on any atom is 0.140 e. The Balaban J connectivity index is 2.65. The fraction of sp³-hybridized carbons (Fsp3) is 0.455. The number of hydrogen-bond acceptors (Lipinski definition) is 2. The fourth-order valence-electron chi connectivity index (χ4n) is 1.78.